The quantitative estimate of drug-likeness (QED) is 0.884. The van der Waals surface area contributed by atoms with Gasteiger partial charge in [0, 0.05) is 17.3 Å². The van der Waals surface area contributed by atoms with Gasteiger partial charge >= 0.3 is 0 Å². The molecular weight excluding hydrogens is 332 g/mol. The van der Waals surface area contributed by atoms with Gasteiger partial charge in [0.25, 0.3) is 5.91 Å². The fraction of sp³-hybridized carbons (Fsp3) is 0.188. The van der Waals surface area contributed by atoms with E-state index in [1.54, 1.807) is 43.3 Å². The first kappa shape index (κ1) is 16.1. The van der Waals surface area contributed by atoms with Crippen LogP contribution in [0.15, 0.2) is 36.4 Å². The summed E-state index contributed by atoms with van der Waals surface area (Å²) in [5, 5.41) is 2.77. The highest BCUT2D eigenvalue weighted by molar-refractivity contribution is 7.92. The average Bonchev–Trinajstić information content (AvgIpc) is 2.95. The Kier molecular flexibility index (Phi) is 4.06. The van der Waals surface area contributed by atoms with E-state index in [0.29, 0.717) is 34.0 Å². The fourth-order valence-corrected chi connectivity index (χ4v) is 2.93. The molecule has 0 saturated heterocycles. The maximum atomic E-state index is 12.3. The minimum absolute atomic E-state index is 0.167. The zero-order chi connectivity index (χ0) is 17.3. The van der Waals surface area contributed by atoms with Crippen molar-refractivity contribution in [3.8, 4) is 11.5 Å². The third-order valence-corrected chi connectivity index (χ3v) is 4.01. The normalized spacial score (nSPS) is 12.8. The van der Waals surface area contributed by atoms with Crippen LogP contribution in [0.4, 0.5) is 11.4 Å². The van der Waals surface area contributed by atoms with Crippen LogP contribution in [-0.4, -0.2) is 27.4 Å². The molecule has 1 amide bonds. The monoisotopic (exact) mass is 348 g/mol. The summed E-state index contributed by atoms with van der Waals surface area (Å²) >= 11 is 0. The number of carbonyl (C=O) groups excluding carboxylic acids is 1. The number of rotatable bonds is 4. The van der Waals surface area contributed by atoms with Crippen LogP contribution in [0.1, 0.15) is 15.9 Å². The molecule has 2 aromatic carbocycles. The van der Waals surface area contributed by atoms with Crippen LogP contribution in [0.5, 0.6) is 11.5 Å². The number of aryl methyl sites for hydroxylation is 1. The minimum atomic E-state index is -3.36. The van der Waals surface area contributed by atoms with Crippen molar-refractivity contribution in [1.29, 1.82) is 0 Å². The Morgan fingerprint density at radius 3 is 2.54 bits per heavy atom. The number of carbonyl (C=O) groups is 1. The second-order valence-electron chi connectivity index (χ2n) is 5.43. The standard InChI is InChI=1S/C16H16N2O5S/c1-10-7-11(3-5-13(10)18-24(2,20)21)16(19)17-12-4-6-14-15(8-12)23-9-22-14/h3-8,18H,9H2,1-2H3,(H,17,19). The number of hydrogen-bond donors (Lipinski definition) is 2. The predicted octanol–water partition coefficient (Wildman–Crippen LogP) is 2.35. The van der Waals surface area contributed by atoms with Gasteiger partial charge in [-0.2, -0.15) is 0 Å². The zero-order valence-corrected chi connectivity index (χ0v) is 13.9. The van der Waals surface area contributed by atoms with Gasteiger partial charge in [0.1, 0.15) is 0 Å². The Labute approximate surface area is 139 Å². The fourth-order valence-electron chi connectivity index (χ4n) is 2.30. The van der Waals surface area contributed by atoms with Crippen LogP contribution in [-0.2, 0) is 10.0 Å². The zero-order valence-electron chi connectivity index (χ0n) is 13.1. The van der Waals surface area contributed by atoms with Gasteiger partial charge in [0.15, 0.2) is 11.5 Å². The molecule has 2 aromatic rings. The van der Waals surface area contributed by atoms with Crippen molar-refractivity contribution in [2.24, 2.45) is 0 Å². The lowest BCUT2D eigenvalue weighted by atomic mass is 10.1. The number of ether oxygens (including phenoxy) is 2. The van der Waals surface area contributed by atoms with Crippen LogP contribution >= 0.6 is 0 Å². The molecule has 0 bridgehead atoms. The van der Waals surface area contributed by atoms with Gasteiger partial charge in [-0.25, -0.2) is 8.42 Å². The topological polar surface area (TPSA) is 93.7 Å². The SMILES string of the molecule is Cc1cc(C(=O)Nc2ccc3c(c2)OCO3)ccc1NS(C)(=O)=O. The highest BCUT2D eigenvalue weighted by Gasteiger charge is 2.15. The molecule has 0 aliphatic carbocycles. The van der Waals surface area contributed by atoms with Crippen LogP contribution < -0.4 is 19.5 Å². The summed E-state index contributed by atoms with van der Waals surface area (Å²) in [4.78, 5) is 12.3. The summed E-state index contributed by atoms with van der Waals surface area (Å²) in [6.07, 6.45) is 1.08. The van der Waals surface area contributed by atoms with Gasteiger partial charge in [0.2, 0.25) is 16.8 Å². The van der Waals surface area contributed by atoms with Crippen LogP contribution in [0.3, 0.4) is 0 Å². The van der Waals surface area contributed by atoms with Gasteiger partial charge < -0.3 is 14.8 Å². The van der Waals surface area contributed by atoms with Gasteiger partial charge in [-0.15, -0.1) is 0 Å². The third-order valence-electron chi connectivity index (χ3n) is 3.41. The van der Waals surface area contributed by atoms with Crippen molar-refractivity contribution in [2.75, 3.05) is 23.1 Å². The van der Waals surface area contributed by atoms with Crippen molar-refractivity contribution >= 4 is 27.3 Å². The van der Waals surface area contributed by atoms with Gasteiger partial charge in [0.05, 0.1) is 11.9 Å². The molecule has 0 saturated carbocycles. The number of fused-ring (bicyclic) bond motifs is 1. The summed E-state index contributed by atoms with van der Waals surface area (Å²) in [5.74, 6) is 0.916. The van der Waals surface area contributed by atoms with Crippen molar-refractivity contribution in [3.63, 3.8) is 0 Å². The van der Waals surface area contributed by atoms with E-state index in [2.05, 4.69) is 10.0 Å². The summed E-state index contributed by atoms with van der Waals surface area (Å²) in [6, 6.07) is 9.87. The first-order valence-electron chi connectivity index (χ1n) is 7.11. The first-order valence-corrected chi connectivity index (χ1v) is 9.00. The molecule has 1 aliphatic rings. The van der Waals surface area contributed by atoms with E-state index in [9.17, 15) is 13.2 Å². The van der Waals surface area contributed by atoms with Crippen LogP contribution in [0.2, 0.25) is 0 Å². The molecule has 3 rings (SSSR count). The molecule has 126 valence electrons. The molecule has 0 aromatic heterocycles. The molecule has 0 unspecified atom stereocenters. The number of anilines is 2. The number of amides is 1. The minimum Gasteiger partial charge on any atom is -0.454 e. The Balaban J connectivity index is 1.77. The molecule has 24 heavy (non-hydrogen) atoms. The van der Waals surface area contributed by atoms with E-state index in [1.807, 2.05) is 0 Å². The molecule has 8 heteroatoms. The highest BCUT2D eigenvalue weighted by atomic mass is 32.2. The maximum absolute atomic E-state index is 12.3. The first-order chi connectivity index (χ1) is 11.3. The summed E-state index contributed by atoms with van der Waals surface area (Å²) < 4.78 is 35.5. The largest absolute Gasteiger partial charge is 0.454 e. The Morgan fingerprint density at radius 2 is 1.83 bits per heavy atom. The number of nitrogens with one attached hydrogen (secondary N) is 2. The molecule has 2 N–H and O–H groups in total. The van der Waals surface area contributed by atoms with E-state index in [-0.39, 0.29) is 12.7 Å². The lowest BCUT2D eigenvalue weighted by molar-refractivity contribution is 0.102. The molecule has 0 spiro atoms. The average molecular weight is 348 g/mol. The van der Waals surface area contributed by atoms with Crippen molar-refractivity contribution in [3.05, 3.63) is 47.5 Å². The molecule has 0 radical (unpaired) electrons. The lowest BCUT2D eigenvalue weighted by Crippen LogP contribution is -2.14. The molecule has 0 atom stereocenters. The van der Waals surface area contributed by atoms with Crippen molar-refractivity contribution in [2.45, 2.75) is 6.92 Å². The Morgan fingerprint density at radius 1 is 1.08 bits per heavy atom. The molecule has 7 nitrogen and oxygen atoms in total. The van der Waals surface area contributed by atoms with E-state index < -0.39 is 10.0 Å². The summed E-state index contributed by atoms with van der Waals surface area (Å²) in [5.41, 5.74) is 2.10. The number of sulfonamides is 1. The van der Waals surface area contributed by atoms with E-state index in [4.69, 9.17) is 9.47 Å². The smallest absolute Gasteiger partial charge is 0.255 e. The molecule has 0 fully saturated rings. The van der Waals surface area contributed by atoms with Crippen LogP contribution in [0, 0.1) is 6.92 Å². The Bertz CT molecular complexity index is 909. The maximum Gasteiger partial charge on any atom is 0.255 e. The third kappa shape index (κ3) is 3.60. The molecule has 1 heterocycles. The van der Waals surface area contributed by atoms with Crippen molar-refractivity contribution < 1.29 is 22.7 Å². The van der Waals surface area contributed by atoms with E-state index in [0.717, 1.165) is 6.26 Å². The lowest BCUT2D eigenvalue weighted by Gasteiger charge is -2.10. The summed E-state index contributed by atoms with van der Waals surface area (Å²) in [6.45, 7) is 1.89. The van der Waals surface area contributed by atoms with Crippen LogP contribution in [0.25, 0.3) is 0 Å². The highest BCUT2D eigenvalue weighted by Crippen LogP contribution is 2.34. The molecular formula is C16H16N2O5S. The number of benzene rings is 2. The Hall–Kier alpha value is -2.74. The van der Waals surface area contributed by atoms with E-state index in [1.165, 1.54) is 0 Å². The van der Waals surface area contributed by atoms with Gasteiger partial charge in [-0.05, 0) is 42.8 Å². The van der Waals surface area contributed by atoms with Crippen molar-refractivity contribution in [1.82, 2.24) is 0 Å². The van der Waals surface area contributed by atoms with Gasteiger partial charge in [-0.1, -0.05) is 0 Å². The summed E-state index contributed by atoms with van der Waals surface area (Å²) in [7, 11) is -3.36. The second kappa shape index (κ2) is 6.04. The number of hydrogen-bond acceptors (Lipinski definition) is 5. The molecule has 1 aliphatic heterocycles. The van der Waals surface area contributed by atoms with Gasteiger partial charge in [-0.3, -0.25) is 9.52 Å². The second-order valence-corrected chi connectivity index (χ2v) is 7.17. The van der Waals surface area contributed by atoms with E-state index >= 15 is 0 Å². The predicted molar refractivity (Wildman–Crippen MR) is 90.2 cm³/mol.